The molecule has 0 spiro atoms. The van der Waals surface area contributed by atoms with Crippen molar-refractivity contribution in [3.63, 3.8) is 0 Å². The van der Waals surface area contributed by atoms with Crippen molar-refractivity contribution < 1.29 is 0 Å². The summed E-state index contributed by atoms with van der Waals surface area (Å²) in [7, 11) is 0. The summed E-state index contributed by atoms with van der Waals surface area (Å²) in [6, 6.07) is 6.90. The molecule has 112 valence electrons. The van der Waals surface area contributed by atoms with Gasteiger partial charge in [0.05, 0.1) is 0 Å². The van der Waals surface area contributed by atoms with Crippen LogP contribution in [0.2, 0.25) is 0 Å². The number of aromatic nitrogens is 3. The Bertz CT molecular complexity index is 632. The standard InChI is InChI=1S/C14H17Br2N5/c1-8-6-21(7-9(2)17-8)14-18-13(19-20-14)11-4-3-10(15)5-12(11)16/h3-5,8-9,17H,6-7H2,1-2H3,(H,18,19,20). The van der Waals surface area contributed by atoms with Crippen LogP contribution in [0.1, 0.15) is 13.8 Å². The molecule has 0 bridgehead atoms. The highest BCUT2D eigenvalue weighted by molar-refractivity contribution is 9.11. The van der Waals surface area contributed by atoms with Crippen LogP contribution in [-0.2, 0) is 0 Å². The molecule has 2 N–H and O–H groups in total. The van der Waals surface area contributed by atoms with Crippen LogP contribution >= 0.6 is 31.9 Å². The minimum Gasteiger partial charge on any atom is -0.336 e. The molecular formula is C14H17Br2N5. The number of nitrogens with one attached hydrogen (secondary N) is 2. The molecule has 7 heteroatoms. The Kier molecular flexibility index (Phi) is 4.33. The van der Waals surface area contributed by atoms with Crippen molar-refractivity contribution in [1.82, 2.24) is 20.5 Å². The molecule has 2 atom stereocenters. The smallest absolute Gasteiger partial charge is 0.245 e. The molecule has 0 amide bonds. The second kappa shape index (κ2) is 6.06. The van der Waals surface area contributed by atoms with Crippen LogP contribution in [0.4, 0.5) is 5.95 Å². The maximum Gasteiger partial charge on any atom is 0.245 e. The lowest BCUT2D eigenvalue weighted by Crippen LogP contribution is -2.54. The summed E-state index contributed by atoms with van der Waals surface area (Å²) < 4.78 is 2.02. The minimum absolute atomic E-state index is 0.440. The third kappa shape index (κ3) is 3.30. The zero-order valence-electron chi connectivity index (χ0n) is 11.9. The average molecular weight is 415 g/mol. The Hall–Kier alpha value is -0.920. The van der Waals surface area contributed by atoms with E-state index in [0.717, 1.165) is 39.4 Å². The Balaban J connectivity index is 1.86. The normalized spacial score (nSPS) is 22.6. The third-order valence-corrected chi connectivity index (χ3v) is 4.65. The van der Waals surface area contributed by atoms with Crippen LogP contribution < -0.4 is 10.2 Å². The SMILES string of the molecule is CC1CN(c2n[nH]c(-c3ccc(Br)cc3Br)n2)CC(C)N1. The molecule has 2 aromatic rings. The number of piperazine rings is 1. The first-order chi connectivity index (χ1) is 10.0. The number of rotatable bonds is 2. The number of aromatic amines is 1. The van der Waals surface area contributed by atoms with E-state index < -0.39 is 0 Å². The van der Waals surface area contributed by atoms with Crippen LogP contribution in [0.25, 0.3) is 11.4 Å². The predicted octanol–water partition coefficient (Wildman–Crippen LogP) is 3.18. The molecule has 1 aromatic heterocycles. The van der Waals surface area contributed by atoms with Gasteiger partial charge in [-0.15, -0.1) is 5.10 Å². The summed E-state index contributed by atoms with van der Waals surface area (Å²) in [5.41, 5.74) is 1.01. The zero-order chi connectivity index (χ0) is 15.0. The van der Waals surface area contributed by atoms with Crippen LogP contribution in [0.3, 0.4) is 0 Å². The van der Waals surface area contributed by atoms with Crippen LogP contribution in [0.5, 0.6) is 0 Å². The summed E-state index contributed by atoms with van der Waals surface area (Å²) >= 11 is 7.03. The van der Waals surface area contributed by atoms with Gasteiger partial charge in [-0.1, -0.05) is 15.9 Å². The van der Waals surface area contributed by atoms with Crippen molar-refractivity contribution in [2.75, 3.05) is 18.0 Å². The minimum atomic E-state index is 0.440. The number of nitrogens with zero attached hydrogens (tertiary/aromatic N) is 3. The molecule has 3 rings (SSSR count). The van der Waals surface area contributed by atoms with E-state index in [4.69, 9.17) is 0 Å². The molecule has 1 aromatic carbocycles. The van der Waals surface area contributed by atoms with Gasteiger partial charge >= 0.3 is 0 Å². The molecule has 1 saturated heterocycles. The summed E-state index contributed by atoms with van der Waals surface area (Å²) in [5.74, 6) is 1.54. The lowest BCUT2D eigenvalue weighted by atomic mass is 10.1. The van der Waals surface area contributed by atoms with E-state index in [0.29, 0.717) is 12.1 Å². The van der Waals surface area contributed by atoms with Crippen molar-refractivity contribution >= 4 is 37.8 Å². The quantitative estimate of drug-likeness (QED) is 0.792. The lowest BCUT2D eigenvalue weighted by Gasteiger charge is -2.35. The van der Waals surface area contributed by atoms with E-state index >= 15 is 0 Å². The van der Waals surface area contributed by atoms with Gasteiger partial charge in [0.1, 0.15) is 0 Å². The molecule has 2 heterocycles. The van der Waals surface area contributed by atoms with E-state index in [1.54, 1.807) is 0 Å². The van der Waals surface area contributed by atoms with Gasteiger partial charge in [-0.2, -0.15) is 4.98 Å². The van der Waals surface area contributed by atoms with Gasteiger partial charge in [0.25, 0.3) is 0 Å². The number of hydrogen-bond donors (Lipinski definition) is 2. The number of benzene rings is 1. The number of anilines is 1. The van der Waals surface area contributed by atoms with Gasteiger partial charge in [0.2, 0.25) is 5.95 Å². The number of halogens is 2. The largest absolute Gasteiger partial charge is 0.336 e. The lowest BCUT2D eigenvalue weighted by molar-refractivity contribution is 0.403. The Morgan fingerprint density at radius 2 is 1.90 bits per heavy atom. The summed E-state index contributed by atoms with van der Waals surface area (Å²) in [6.07, 6.45) is 0. The van der Waals surface area contributed by atoms with Crippen LogP contribution in [0.15, 0.2) is 27.1 Å². The molecule has 1 aliphatic rings. The summed E-state index contributed by atoms with van der Waals surface area (Å²) in [6.45, 7) is 6.20. The van der Waals surface area contributed by atoms with Crippen LogP contribution in [-0.4, -0.2) is 40.4 Å². The van der Waals surface area contributed by atoms with E-state index in [2.05, 4.69) is 71.1 Å². The van der Waals surface area contributed by atoms with Gasteiger partial charge in [0, 0.05) is 39.7 Å². The van der Waals surface area contributed by atoms with E-state index in [-0.39, 0.29) is 0 Å². The first-order valence-corrected chi connectivity index (χ1v) is 8.50. The van der Waals surface area contributed by atoms with Gasteiger partial charge in [-0.3, -0.25) is 5.10 Å². The van der Waals surface area contributed by atoms with E-state index in [1.165, 1.54) is 0 Å². The molecular weight excluding hydrogens is 398 g/mol. The van der Waals surface area contributed by atoms with E-state index in [1.807, 2.05) is 18.2 Å². The molecule has 5 nitrogen and oxygen atoms in total. The highest BCUT2D eigenvalue weighted by Gasteiger charge is 2.24. The predicted molar refractivity (Wildman–Crippen MR) is 91.5 cm³/mol. The van der Waals surface area contributed by atoms with Crippen molar-refractivity contribution in [2.45, 2.75) is 25.9 Å². The Labute approximate surface area is 140 Å². The van der Waals surface area contributed by atoms with Crippen molar-refractivity contribution in [3.05, 3.63) is 27.1 Å². The molecule has 1 aliphatic heterocycles. The second-order valence-electron chi connectivity index (χ2n) is 5.48. The maximum atomic E-state index is 4.65. The van der Waals surface area contributed by atoms with Crippen molar-refractivity contribution in [1.29, 1.82) is 0 Å². The monoisotopic (exact) mass is 413 g/mol. The first kappa shape index (κ1) is 15.0. The van der Waals surface area contributed by atoms with Gasteiger partial charge in [-0.05, 0) is 48.0 Å². The van der Waals surface area contributed by atoms with Crippen molar-refractivity contribution in [3.8, 4) is 11.4 Å². The molecule has 1 fully saturated rings. The molecule has 0 saturated carbocycles. The fourth-order valence-electron chi connectivity index (χ4n) is 2.69. The van der Waals surface area contributed by atoms with Gasteiger partial charge in [-0.25, -0.2) is 0 Å². The third-order valence-electron chi connectivity index (χ3n) is 3.50. The number of H-pyrrole nitrogens is 1. The first-order valence-electron chi connectivity index (χ1n) is 6.92. The summed E-state index contributed by atoms with van der Waals surface area (Å²) in [5, 5.41) is 10.9. The molecule has 0 aliphatic carbocycles. The Morgan fingerprint density at radius 1 is 1.19 bits per heavy atom. The van der Waals surface area contributed by atoms with Gasteiger partial charge in [0.15, 0.2) is 5.82 Å². The second-order valence-corrected chi connectivity index (χ2v) is 7.25. The molecule has 0 radical (unpaired) electrons. The molecule has 2 unspecified atom stereocenters. The van der Waals surface area contributed by atoms with Gasteiger partial charge < -0.3 is 10.2 Å². The van der Waals surface area contributed by atoms with Crippen LogP contribution in [0, 0.1) is 0 Å². The maximum absolute atomic E-state index is 4.65. The topological polar surface area (TPSA) is 56.8 Å². The van der Waals surface area contributed by atoms with E-state index in [9.17, 15) is 0 Å². The summed E-state index contributed by atoms with van der Waals surface area (Å²) in [4.78, 5) is 6.87. The zero-order valence-corrected chi connectivity index (χ0v) is 15.1. The average Bonchev–Trinajstić information content (AvgIpc) is 2.87. The fourth-order valence-corrected chi connectivity index (χ4v) is 3.92. The molecule has 21 heavy (non-hydrogen) atoms. The highest BCUT2D eigenvalue weighted by atomic mass is 79.9. The van der Waals surface area contributed by atoms with Crippen molar-refractivity contribution in [2.24, 2.45) is 0 Å². The Morgan fingerprint density at radius 3 is 2.57 bits per heavy atom. The highest BCUT2D eigenvalue weighted by Crippen LogP contribution is 2.29. The number of hydrogen-bond acceptors (Lipinski definition) is 4. The fraction of sp³-hybridized carbons (Fsp3) is 0.429.